The van der Waals surface area contributed by atoms with Gasteiger partial charge in [0.1, 0.15) is 0 Å². The van der Waals surface area contributed by atoms with Crippen molar-refractivity contribution in [1.29, 1.82) is 0 Å². The third-order valence-corrected chi connectivity index (χ3v) is 4.79. The van der Waals surface area contributed by atoms with Gasteiger partial charge in [-0.05, 0) is 25.0 Å². The molecule has 1 atom stereocenters. The van der Waals surface area contributed by atoms with Crippen LogP contribution in [-0.4, -0.2) is 32.5 Å². The van der Waals surface area contributed by atoms with Gasteiger partial charge < -0.3 is 5.32 Å². The van der Waals surface area contributed by atoms with Gasteiger partial charge in [0.25, 0.3) is 5.69 Å². The molecule has 1 fully saturated rings. The summed E-state index contributed by atoms with van der Waals surface area (Å²) < 4.78 is 26.7. The summed E-state index contributed by atoms with van der Waals surface area (Å²) in [7, 11) is -3.62. The lowest BCUT2D eigenvalue weighted by molar-refractivity contribution is -0.384. The Morgan fingerprint density at radius 2 is 1.95 bits per heavy atom. The van der Waals surface area contributed by atoms with Gasteiger partial charge in [0, 0.05) is 31.3 Å². The number of hydrogen-bond donors (Lipinski definition) is 2. The number of nitro benzene ring substituents is 1. The average Bonchev–Trinajstić information content (AvgIpc) is 2.25. The molecule has 7 nitrogen and oxygen atoms in total. The topological polar surface area (TPSA) is 101 Å². The van der Waals surface area contributed by atoms with Crippen molar-refractivity contribution in [3.63, 3.8) is 0 Å². The molecule has 0 saturated carbocycles. The number of rotatable bonds is 5. The number of benzene rings is 1. The molecule has 19 heavy (non-hydrogen) atoms. The van der Waals surface area contributed by atoms with E-state index in [4.69, 9.17) is 0 Å². The molecule has 0 amide bonds. The summed E-state index contributed by atoms with van der Waals surface area (Å²) in [6, 6.07) is 4.69. The highest BCUT2D eigenvalue weighted by Crippen LogP contribution is 2.17. The maximum atomic E-state index is 12.1. The average molecular weight is 285 g/mol. The van der Waals surface area contributed by atoms with Gasteiger partial charge in [-0.3, -0.25) is 10.1 Å². The van der Waals surface area contributed by atoms with Crippen LogP contribution in [0.5, 0.6) is 0 Å². The SMILES string of the molecule is CC(NS(=O)(=O)c1ccc([N+](=O)[O-])cc1)C1CNC1. The second kappa shape index (κ2) is 5.24. The Kier molecular flexibility index (Phi) is 3.83. The van der Waals surface area contributed by atoms with Crippen molar-refractivity contribution < 1.29 is 13.3 Å². The van der Waals surface area contributed by atoms with Crippen LogP contribution in [0.2, 0.25) is 0 Å². The fourth-order valence-electron chi connectivity index (χ4n) is 1.82. The Balaban J connectivity index is 2.12. The van der Waals surface area contributed by atoms with Gasteiger partial charge in [0.05, 0.1) is 9.82 Å². The second-order valence-electron chi connectivity index (χ2n) is 4.58. The Morgan fingerprint density at radius 1 is 1.37 bits per heavy atom. The van der Waals surface area contributed by atoms with Crippen LogP contribution in [0.3, 0.4) is 0 Å². The molecule has 0 bridgehead atoms. The lowest BCUT2D eigenvalue weighted by Gasteiger charge is -2.32. The Morgan fingerprint density at radius 3 is 2.37 bits per heavy atom. The molecule has 1 aliphatic rings. The molecule has 0 radical (unpaired) electrons. The van der Waals surface area contributed by atoms with Gasteiger partial charge in [-0.2, -0.15) is 0 Å². The van der Waals surface area contributed by atoms with E-state index in [1.807, 2.05) is 6.92 Å². The van der Waals surface area contributed by atoms with Crippen molar-refractivity contribution in [3.05, 3.63) is 34.4 Å². The van der Waals surface area contributed by atoms with Crippen LogP contribution in [0.1, 0.15) is 6.92 Å². The smallest absolute Gasteiger partial charge is 0.269 e. The van der Waals surface area contributed by atoms with Crippen molar-refractivity contribution in [2.45, 2.75) is 17.9 Å². The Labute approximate surface area is 111 Å². The minimum absolute atomic E-state index is 0.0391. The highest BCUT2D eigenvalue weighted by Gasteiger charge is 2.27. The molecule has 8 heteroatoms. The maximum Gasteiger partial charge on any atom is 0.269 e. The summed E-state index contributed by atoms with van der Waals surface area (Å²) in [6.07, 6.45) is 0. The van der Waals surface area contributed by atoms with E-state index >= 15 is 0 Å². The monoisotopic (exact) mass is 285 g/mol. The van der Waals surface area contributed by atoms with E-state index in [0.29, 0.717) is 0 Å². The van der Waals surface area contributed by atoms with E-state index in [1.165, 1.54) is 24.3 Å². The van der Waals surface area contributed by atoms with Crippen molar-refractivity contribution in [1.82, 2.24) is 10.0 Å². The first kappa shape index (κ1) is 13.9. The first-order valence-corrected chi connectivity index (χ1v) is 7.36. The van der Waals surface area contributed by atoms with E-state index in [1.54, 1.807) is 0 Å². The highest BCUT2D eigenvalue weighted by atomic mass is 32.2. The minimum Gasteiger partial charge on any atom is -0.316 e. The standard InChI is InChI=1S/C11H15N3O4S/c1-8(9-6-12-7-9)13-19(17,18)11-4-2-10(3-5-11)14(15)16/h2-5,8-9,12-13H,6-7H2,1H3. The molecular weight excluding hydrogens is 270 g/mol. The van der Waals surface area contributed by atoms with Crippen molar-refractivity contribution in [2.24, 2.45) is 5.92 Å². The first-order valence-electron chi connectivity index (χ1n) is 5.87. The predicted molar refractivity (Wildman–Crippen MR) is 69.2 cm³/mol. The van der Waals surface area contributed by atoms with E-state index in [2.05, 4.69) is 10.0 Å². The summed E-state index contributed by atoms with van der Waals surface area (Å²) in [5.74, 6) is 0.285. The Bertz CT molecular complexity index is 566. The van der Waals surface area contributed by atoms with Gasteiger partial charge in [0.15, 0.2) is 0 Å². The maximum absolute atomic E-state index is 12.1. The van der Waals surface area contributed by atoms with Crippen molar-refractivity contribution in [2.75, 3.05) is 13.1 Å². The summed E-state index contributed by atoms with van der Waals surface area (Å²) in [4.78, 5) is 9.99. The van der Waals surface area contributed by atoms with Crippen molar-refractivity contribution in [3.8, 4) is 0 Å². The normalized spacial score (nSPS) is 17.7. The molecule has 1 heterocycles. The van der Waals surface area contributed by atoms with Crippen LogP contribution in [0.25, 0.3) is 0 Å². The molecule has 1 aromatic rings. The Hall–Kier alpha value is -1.51. The molecule has 1 aliphatic heterocycles. The fourth-order valence-corrected chi connectivity index (χ4v) is 3.13. The summed E-state index contributed by atoms with van der Waals surface area (Å²) in [5, 5.41) is 13.6. The molecule has 1 saturated heterocycles. The van der Waals surface area contributed by atoms with Crippen LogP contribution in [0, 0.1) is 16.0 Å². The molecule has 1 unspecified atom stereocenters. The molecule has 2 N–H and O–H groups in total. The number of nitrogens with one attached hydrogen (secondary N) is 2. The van der Waals surface area contributed by atoms with Gasteiger partial charge >= 0.3 is 0 Å². The quantitative estimate of drug-likeness (QED) is 0.605. The van der Waals surface area contributed by atoms with Crippen molar-refractivity contribution >= 4 is 15.7 Å². The third kappa shape index (κ3) is 3.09. The summed E-state index contributed by atoms with van der Waals surface area (Å²) in [6.45, 7) is 3.41. The van der Waals surface area contributed by atoms with Crippen LogP contribution >= 0.6 is 0 Å². The van der Waals surface area contributed by atoms with Gasteiger partial charge in [-0.25, -0.2) is 13.1 Å². The minimum atomic E-state index is -3.62. The lowest BCUT2D eigenvalue weighted by atomic mass is 9.96. The van der Waals surface area contributed by atoms with Crippen LogP contribution in [0.15, 0.2) is 29.2 Å². The molecule has 2 rings (SSSR count). The zero-order chi connectivity index (χ0) is 14.0. The van der Waals surface area contributed by atoms with E-state index in [9.17, 15) is 18.5 Å². The molecule has 0 spiro atoms. The predicted octanol–water partition coefficient (Wildman–Crippen LogP) is 0.481. The zero-order valence-corrected chi connectivity index (χ0v) is 11.2. The van der Waals surface area contributed by atoms with Gasteiger partial charge in [-0.15, -0.1) is 0 Å². The number of sulfonamides is 1. The van der Waals surface area contributed by atoms with Gasteiger partial charge in [-0.1, -0.05) is 0 Å². The molecule has 104 valence electrons. The molecule has 0 aliphatic carbocycles. The number of hydrogen-bond acceptors (Lipinski definition) is 5. The lowest BCUT2D eigenvalue weighted by Crippen LogP contribution is -2.53. The summed E-state index contributed by atoms with van der Waals surface area (Å²) >= 11 is 0. The largest absolute Gasteiger partial charge is 0.316 e. The van der Waals surface area contributed by atoms with E-state index in [0.717, 1.165) is 13.1 Å². The number of nitro groups is 1. The highest BCUT2D eigenvalue weighted by molar-refractivity contribution is 7.89. The molecule has 0 aromatic heterocycles. The summed E-state index contributed by atoms with van der Waals surface area (Å²) in [5.41, 5.74) is -0.129. The zero-order valence-electron chi connectivity index (χ0n) is 10.4. The second-order valence-corrected chi connectivity index (χ2v) is 6.29. The fraction of sp³-hybridized carbons (Fsp3) is 0.455. The molecular formula is C11H15N3O4S. The van der Waals surface area contributed by atoms with Gasteiger partial charge in [0.2, 0.25) is 10.0 Å². The van der Waals surface area contributed by atoms with E-state index in [-0.39, 0.29) is 22.5 Å². The third-order valence-electron chi connectivity index (χ3n) is 3.22. The molecule has 1 aromatic carbocycles. The van der Waals surface area contributed by atoms with Crippen LogP contribution < -0.4 is 10.0 Å². The first-order chi connectivity index (χ1) is 8.90. The van der Waals surface area contributed by atoms with E-state index < -0.39 is 14.9 Å². The van der Waals surface area contributed by atoms with Crippen LogP contribution in [-0.2, 0) is 10.0 Å². The number of non-ortho nitro benzene ring substituents is 1. The van der Waals surface area contributed by atoms with Crippen LogP contribution in [0.4, 0.5) is 5.69 Å². The number of nitrogens with zero attached hydrogens (tertiary/aromatic N) is 1.